The number of carbonyl (C=O) groups excluding carboxylic acids is 3. The van der Waals surface area contributed by atoms with Gasteiger partial charge in [-0.15, -0.1) is 0 Å². The summed E-state index contributed by atoms with van der Waals surface area (Å²) in [6, 6.07) is 6.81. The number of carbonyl (C=O) groups is 3. The van der Waals surface area contributed by atoms with E-state index < -0.39 is 39.5 Å². The van der Waals surface area contributed by atoms with Gasteiger partial charge in [-0.25, -0.2) is 13.1 Å². The average Bonchev–Trinajstić information content (AvgIpc) is 3.24. The molecule has 0 bridgehead atoms. The largest absolute Gasteiger partial charge is 0.361 e. The molecule has 1 aliphatic rings. The van der Waals surface area contributed by atoms with Gasteiger partial charge in [0.05, 0.1) is 17.1 Å². The summed E-state index contributed by atoms with van der Waals surface area (Å²) < 4.78 is 33.5. The molecule has 0 aliphatic carbocycles. The highest BCUT2D eigenvalue weighted by Crippen LogP contribution is 2.22. The van der Waals surface area contributed by atoms with E-state index in [1.165, 1.54) is 12.1 Å². The number of nitrogens with one attached hydrogen (secondary N) is 2. The number of hydrogen-bond donors (Lipinski definition) is 2. The molecule has 0 spiro atoms. The highest BCUT2D eigenvalue weighted by atomic mass is 32.2. The van der Waals surface area contributed by atoms with Gasteiger partial charge < -0.3 is 9.84 Å². The third kappa shape index (κ3) is 6.83. The average molecular weight is 490 g/mol. The van der Waals surface area contributed by atoms with Crippen molar-refractivity contribution in [1.82, 2.24) is 15.2 Å². The highest BCUT2D eigenvalue weighted by Gasteiger charge is 2.33. The molecule has 2 unspecified atom stereocenters. The summed E-state index contributed by atoms with van der Waals surface area (Å²) >= 11 is 0. The maximum atomic E-state index is 13.3. The van der Waals surface area contributed by atoms with Crippen molar-refractivity contribution in [3.63, 3.8) is 0 Å². The molecule has 0 radical (unpaired) electrons. The Morgan fingerprint density at radius 3 is 2.65 bits per heavy atom. The van der Waals surface area contributed by atoms with E-state index in [9.17, 15) is 22.8 Å². The van der Waals surface area contributed by atoms with Gasteiger partial charge >= 0.3 is 0 Å². The number of hydrogen-bond acceptors (Lipinski definition) is 7. The normalized spacial score (nSPS) is 18.6. The van der Waals surface area contributed by atoms with Crippen LogP contribution in [0.5, 0.6) is 0 Å². The van der Waals surface area contributed by atoms with E-state index in [1.807, 2.05) is 13.8 Å². The minimum atomic E-state index is -3.93. The maximum absolute atomic E-state index is 13.3. The molecule has 0 saturated carbocycles. The second-order valence-corrected chi connectivity index (χ2v) is 10.7. The van der Waals surface area contributed by atoms with Crippen LogP contribution >= 0.6 is 0 Å². The van der Waals surface area contributed by atoms with Gasteiger partial charge in [-0.3, -0.25) is 14.4 Å². The van der Waals surface area contributed by atoms with Crippen LogP contribution in [0.4, 0.5) is 0 Å². The van der Waals surface area contributed by atoms with Gasteiger partial charge in [0.25, 0.3) is 5.91 Å². The molecule has 34 heavy (non-hydrogen) atoms. The lowest BCUT2D eigenvalue weighted by Gasteiger charge is -2.22. The van der Waals surface area contributed by atoms with Gasteiger partial charge in [-0.2, -0.15) is 0 Å². The molecular weight excluding hydrogens is 458 g/mol. The van der Waals surface area contributed by atoms with Crippen molar-refractivity contribution in [2.75, 3.05) is 6.54 Å². The molecule has 0 fully saturated rings. The smallest absolute Gasteiger partial charge is 0.287 e. The van der Waals surface area contributed by atoms with Crippen molar-refractivity contribution < 1.29 is 27.3 Å². The van der Waals surface area contributed by atoms with E-state index in [0.717, 1.165) is 5.56 Å². The Hall–Kier alpha value is -2.85. The Kier molecular flexibility index (Phi) is 8.73. The highest BCUT2D eigenvalue weighted by molar-refractivity contribution is 7.89. The summed E-state index contributed by atoms with van der Waals surface area (Å²) in [6.45, 7) is 4.07. The number of aryl methyl sites for hydroxylation is 2. The van der Waals surface area contributed by atoms with Crippen LogP contribution in [0, 0.1) is 11.8 Å². The molecule has 2 atom stereocenters. The zero-order valence-electron chi connectivity index (χ0n) is 19.5. The van der Waals surface area contributed by atoms with E-state index in [4.69, 9.17) is 4.52 Å². The van der Waals surface area contributed by atoms with E-state index in [0.29, 0.717) is 31.6 Å². The monoisotopic (exact) mass is 489 g/mol. The van der Waals surface area contributed by atoms with Crippen molar-refractivity contribution >= 4 is 27.5 Å². The number of aromatic nitrogens is 1. The van der Waals surface area contributed by atoms with Crippen LogP contribution in [-0.2, 0) is 37.2 Å². The molecule has 0 saturated heterocycles. The fourth-order valence-corrected chi connectivity index (χ4v) is 5.28. The Balaban J connectivity index is 1.80. The lowest BCUT2D eigenvalue weighted by atomic mass is 9.87. The SMILES string of the molecule is CC(C)CC(NS(=O)(=O)c1ccccc1)C(=O)CC1CCc2cnoc2CCCNC(=O)C1=O. The lowest BCUT2D eigenvalue weighted by molar-refractivity contribution is -0.141. The number of Topliss-reactive ketones (excluding diaryl/α,β-unsaturated/α-hetero) is 2. The van der Waals surface area contributed by atoms with Gasteiger partial charge in [-0.05, 0) is 43.7 Å². The van der Waals surface area contributed by atoms with Crippen molar-refractivity contribution in [3.8, 4) is 0 Å². The van der Waals surface area contributed by atoms with E-state index in [-0.39, 0.29) is 30.1 Å². The standard InChI is InChI=1S/C24H31N3O6S/c1-16(2)13-20(27-34(31,32)19-7-4-3-5-8-19)21(28)14-17-10-11-18-15-26-33-22(18)9-6-12-25-24(30)23(17)29/h3-5,7-8,15-17,20,27H,6,9-14H2,1-2H3,(H,25,30). The van der Waals surface area contributed by atoms with Gasteiger partial charge in [0.15, 0.2) is 5.78 Å². The second-order valence-electron chi connectivity index (χ2n) is 9.02. The number of benzene rings is 1. The topological polar surface area (TPSA) is 135 Å². The predicted molar refractivity (Wildman–Crippen MR) is 124 cm³/mol. The first-order valence-corrected chi connectivity index (χ1v) is 13.0. The van der Waals surface area contributed by atoms with E-state index >= 15 is 0 Å². The minimum absolute atomic E-state index is 0.0264. The van der Waals surface area contributed by atoms with Crippen LogP contribution in [0.15, 0.2) is 45.9 Å². The summed E-state index contributed by atoms with van der Waals surface area (Å²) in [5, 5.41) is 6.43. The van der Waals surface area contributed by atoms with Crippen LogP contribution in [0.25, 0.3) is 0 Å². The zero-order valence-corrected chi connectivity index (χ0v) is 20.3. The maximum Gasteiger partial charge on any atom is 0.287 e. The third-order valence-electron chi connectivity index (χ3n) is 5.85. The summed E-state index contributed by atoms with van der Waals surface area (Å²) in [6.07, 6.45) is 3.51. The fraction of sp³-hybridized carbons (Fsp3) is 0.500. The number of amides is 1. The first-order valence-electron chi connectivity index (χ1n) is 11.5. The summed E-state index contributed by atoms with van der Waals surface area (Å²) in [7, 11) is -3.93. The van der Waals surface area contributed by atoms with Crippen LogP contribution in [0.3, 0.4) is 0 Å². The molecule has 2 heterocycles. The van der Waals surface area contributed by atoms with Gasteiger partial charge in [0.2, 0.25) is 15.8 Å². The van der Waals surface area contributed by atoms with Crippen molar-refractivity contribution in [1.29, 1.82) is 0 Å². The molecule has 9 nitrogen and oxygen atoms in total. The molecule has 2 N–H and O–H groups in total. The second kappa shape index (κ2) is 11.5. The number of rotatable bonds is 8. The van der Waals surface area contributed by atoms with Gasteiger partial charge in [-0.1, -0.05) is 37.2 Å². The van der Waals surface area contributed by atoms with Crippen molar-refractivity contribution in [2.45, 2.75) is 63.3 Å². The molecular formula is C24H31N3O6S. The predicted octanol–water partition coefficient (Wildman–Crippen LogP) is 2.21. The third-order valence-corrected chi connectivity index (χ3v) is 7.33. The Morgan fingerprint density at radius 1 is 1.21 bits per heavy atom. The number of fused-ring (bicyclic) bond motifs is 1. The zero-order chi connectivity index (χ0) is 24.7. The molecule has 2 aromatic rings. The van der Waals surface area contributed by atoms with E-state index in [2.05, 4.69) is 15.2 Å². The van der Waals surface area contributed by atoms with Crippen LogP contribution < -0.4 is 10.0 Å². The van der Waals surface area contributed by atoms with Crippen molar-refractivity contribution in [3.05, 3.63) is 47.9 Å². The van der Waals surface area contributed by atoms with Crippen LogP contribution in [0.2, 0.25) is 0 Å². The number of nitrogens with zero attached hydrogens (tertiary/aromatic N) is 1. The Bertz CT molecular complexity index is 1110. The van der Waals surface area contributed by atoms with Crippen LogP contribution in [-0.4, -0.2) is 43.6 Å². The van der Waals surface area contributed by atoms with E-state index in [1.54, 1.807) is 24.4 Å². The number of ketones is 2. The quantitative estimate of drug-likeness (QED) is 0.543. The van der Waals surface area contributed by atoms with Gasteiger partial charge in [0, 0.05) is 30.9 Å². The first kappa shape index (κ1) is 25.8. The number of sulfonamides is 1. The molecule has 1 amide bonds. The fourth-order valence-electron chi connectivity index (χ4n) is 4.03. The molecule has 184 valence electrons. The Morgan fingerprint density at radius 2 is 1.94 bits per heavy atom. The van der Waals surface area contributed by atoms with Gasteiger partial charge in [0.1, 0.15) is 5.76 Å². The lowest BCUT2D eigenvalue weighted by Crippen LogP contribution is -2.44. The van der Waals surface area contributed by atoms with Crippen LogP contribution in [0.1, 0.15) is 50.9 Å². The summed E-state index contributed by atoms with van der Waals surface area (Å²) in [5.41, 5.74) is 0.850. The first-order chi connectivity index (χ1) is 16.2. The molecule has 10 heteroatoms. The molecule has 3 rings (SSSR count). The summed E-state index contributed by atoms with van der Waals surface area (Å²) in [4.78, 5) is 38.6. The Labute approximate surface area is 199 Å². The summed E-state index contributed by atoms with van der Waals surface area (Å²) in [5.74, 6) is -1.94. The molecule has 1 aliphatic heterocycles. The minimum Gasteiger partial charge on any atom is -0.361 e. The van der Waals surface area contributed by atoms with Crippen molar-refractivity contribution in [2.24, 2.45) is 11.8 Å². The molecule has 1 aromatic carbocycles. The molecule has 1 aromatic heterocycles.